The highest BCUT2D eigenvalue weighted by atomic mass is 32.2. The summed E-state index contributed by atoms with van der Waals surface area (Å²) in [5, 5.41) is 2.76. The summed E-state index contributed by atoms with van der Waals surface area (Å²) in [7, 11) is 1.59. The van der Waals surface area contributed by atoms with Gasteiger partial charge in [0.1, 0.15) is 6.54 Å². The third-order valence-electron chi connectivity index (χ3n) is 3.19. The Balaban J connectivity index is 2.07. The van der Waals surface area contributed by atoms with Crippen molar-refractivity contribution in [3.05, 3.63) is 10.9 Å². The van der Waals surface area contributed by atoms with Gasteiger partial charge < -0.3 is 15.0 Å². The molecule has 0 atom stereocenters. The van der Waals surface area contributed by atoms with Crippen LogP contribution < -0.4 is 10.2 Å². The number of rotatable bonds is 7. The van der Waals surface area contributed by atoms with Crippen LogP contribution in [0.1, 0.15) is 18.7 Å². The number of ether oxygens (including phenoxy) is 1. The van der Waals surface area contributed by atoms with Crippen LogP contribution in [0.25, 0.3) is 0 Å². The maximum atomic E-state index is 12.2. The SMILES string of the molecule is COCCNC(=O)CN1C(=O)CSc2sc(CC(C)C)cc21. The molecule has 0 aromatic carbocycles. The molecular weight excluding hydrogens is 320 g/mol. The highest BCUT2D eigenvalue weighted by Gasteiger charge is 2.28. The molecule has 0 fully saturated rings. The van der Waals surface area contributed by atoms with Crippen molar-refractivity contribution in [2.75, 3.05) is 37.5 Å². The second-order valence-electron chi connectivity index (χ2n) is 5.59. The average molecular weight is 342 g/mol. The minimum absolute atomic E-state index is 0.00621. The highest BCUT2D eigenvalue weighted by molar-refractivity contribution is 8.02. The molecular formula is C15H22N2O3S2. The molecule has 0 saturated heterocycles. The number of carbonyl (C=O) groups is 2. The van der Waals surface area contributed by atoms with Crippen molar-refractivity contribution in [1.29, 1.82) is 0 Å². The first kappa shape index (κ1) is 17.3. The summed E-state index contributed by atoms with van der Waals surface area (Å²) >= 11 is 3.31. The molecule has 122 valence electrons. The first-order valence-electron chi connectivity index (χ1n) is 7.32. The number of fused-ring (bicyclic) bond motifs is 1. The molecule has 7 heteroatoms. The third-order valence-corrected chi connectivity index (χ3v) is 5.60. The van der Waals surface area contributed by atoms with Gasteiger partial charge in [-0.05, 0) is 18.4 Å². The monoisotopic (exact) mass is 342 g/mol. The molecule has 2 rings (SSSR count). The first-order valence-corrected chi connectivity index (χ1v) is 9.13. The van der Waals surface area contributed by atoms with Crippen LogP contribution >= 0.6 is 23.1 Å². The van der Waals surface area contributed by atoms with E-state index in [0.29, 0.717) is 24.8 Å². The number of thioether (sulfide) groups is 1. The number of nitrogens with one attached hydrogen (secondary N) is 1. The number of methoxy groups -OCH3 is 1. The van der Waals surface area contributed by atoms with E-state index in [1.54, 1.807) is 35.1 Å². The van der Waals surface area contributed by atoms with E-state index in [0.717, 1.165) is 16.3 Å². The van der Waals surface area contributed by atoms with Crippen LogP contribution in [0.3, 0.4) is 0 Å². The van der Waals surface area contributed by atoms with Gasteiger partial charge in [-0.3, -0.25) is 9.59 Å². The maximum Gasteiger partial charge on any atom is 0.240 e. The van der Waals surface area contributed by atoms with Crippen LogP contribution in [0, 0.1) is 5.92 Å². The van der Waals surface area contributed by atoms with Crippen molar-refractivity contribution in [2.45, 2.75) is 24.5 Å². The molecule has 0 aliphatic carbocycles. The van der Waals surface area contributed by atoms with Crippen molar-refractivity contribution >= 4 is 40.6 Å². The van der Waals surface area contributed by atoms with E-state index >= 15 is 0 Å². The summed E-state index contributed by atoms with van der Waals surface area (Å²) in [6, 6.07) is 2.06. The molecule has 1 aliphatic heterocycles. The first-order chi connectivity index (χ1) is 10.5. The lowest BCUT2D eigenvalue weighted by molar-refractivity contribution is -0.123. The summed E-state index contributed by atoms with van der Waals surface area (Å²) in [5.74, 6) is 0.819. The van der Waals surface area contributed by atoms with E-state index in [9.17, 15) is 9.59 Å². The van der Waals surface area contributed by atoms with Crippen LogP contribution in [-0.2, 0) is 20.7 Å². The van der Waals surface area contributed by atoms with Gasteiger partial charge in [-0.2, -0.15) is 0 Å². The Morgan fingerprint density at radius 2 is 2.27 bits per heavy atom. The molecule has 0 bridgehead atoms. The minimum atomic E-state index is -0.153. The number of nitrogens with zero attached hydrogens (tertiary/aromatic N) is 1. The average Bonchev–Trinajstić information content (AvgIpc) is 2.84. The number of hydrogen-bond acceptors (Lipinski definition) is 5. The molecule has 5 nitrogen and oxygen atoms in total. The molecule has 2 amide bonds. The van der Waals surface area contributed by atoms with Gasteiger partial charge in [0.2, 0.25) is 11.8 Å². The highest BCUT2D eigenvalue weighted by Crippen LogP contribution is 2.42. The molecule has 0 unspecified atom stereocenters. The van der Waals surface area contributed by atoms with Gasteiger partial charge in [0.15, 0.2) is 0 Å². The zero-order valence-corrected chi connectivity index (χ0v) is 14.8. The zero-order valence-electron chi connectivity index (χ0n) is 13.2. The van der Waals surface area contributed by atoms with E-state index in [1.807, 2.05) is 0 Å². The van der Waals surface area contributed by atoms with Crippen molar-refractivity contribution in [3.63, 3.8) is 0 Å². The Morgan fingerprint density at radius 3 is 2.95 bits per heavy atom. The summed E-state index contributed by atoms with van der Waals surface area (Å²) in [6.45, 7) is 5.36. The van der Waals surface area contributed by atoms with E-state index in [2.05, 4.69) is 25.2 Å². The molecule has 1 aromatic rings. The van der Waals surface area contributed by atoms with E-state index in [-0.39, 0.29) is 18.4 Å². The fraction of sp³-hybridized carbons (Fsp3) is 0.600. The van der Waals surface area contributed by atoms with Crippen molar-refractivity contribution < 1.29 is 14.3 Å². The number of carbonyl (C=O) groups excluding carboxylic acids is 2. The van der Waals surface area contributed by atoms with Crippen LogP contribution in [0.2, 0.25) is 0 Å². The lowest BCUT2D eigenvalue weighted by Gasteiger charge is -2.25. The summed E-state index contributed by atoms with van der Waals surface area (Å²) in [4.78, 5) is 27.0. The standard InChI is InChI=1S/C15H22N2O3S2/c1-10(2)6-11-7-12-15(22-11)21-9-14(19)17(12)8-13(18)16-4-5-20-3/h7,10H,4-6,8-9H2,1-3H3,(H,16,18). The van der Waals surface area contributed by atoms with Gasteiger partial charge in [0.05, 0.1) is 22.3 Å². The molecule has 2 heterocycles. The van der Waals surface area contributed by atoms with Crippen LogP contribution in [0.4, 0.5) is 5.69 Å². The van der Waals surface area contributed by atoms with Crippen molar-refractivity contribution in [3.8, 4) is 0 Å². The zero-order chi connectivity index (χ0) is 16.1. The second kappa shape index (κ2) is 7.99. The number of hydrogen-bond donors (Lipinski definition) is 1. The molecule has 1 aliphatic rings. The normalized spacial score (nSPS) is 14.4. The predicted molar refractivity (Wildman–Crippen MR) is 90.8 cm³/mol. The Hall–Kier alpha value is -1.05. The second-order valence-corrected chi connectivity index (χ2v) is 7.98. The molecule has 1 N–H and O–H groups in total. The van der Waals surface area contributed by atoms with E-state index in [4.69, 9.17) is 4.74 Å². The van der Waals surface area contributed by atoms with E-state index < -0.39 is 0 Å². The van der Waals surface area contributed by atoms with Crippen LogP contribution in [-0.4, -0.2) is 44.4 Å². The topological polar surface area (TPSA) is 58.6 Å². The van der Waals surface area contributed by atoms with Gasteiger partial charge in [0, 0.05) is 18.5 Å². The third kappa shape index (κ3) is 4.47. The van der Waals surface area contributed by atoms with Gasteiger partial charge in [-0.15, -0.1) is 23.1 Å². The van der Waals surface area contributed by atoms with E-state index in [1.165, 1.54) is 4.88 Å². The smallest absolute Gasteiger partial charge is 0.240 e. The lowest BCUT2D eigenvalue weighted by atomic mass is 10.1. The fourth-order valence-electron chi connectivity index (χ4n) is 2.21. The van der Waals surface area contributed by atoms with Crippen LogP contribution in [0.15, 0.2) is 10.3 Å². The van der Waals surface area contributed by atoms with Gasteiger partial charge in [0.25, 0.3) is 0 Å². The predicted octanol–water partition coefficient (Wildman–Crippen LogP) is 2.15. The number of anilines is 1. The Morgan fingerprint density at radius 1 is 1.50 bits per heavy atom. The molecule has 22 heavy (non-hydrogen) atoms. The van der Waals surface area contributed by atoms with Crippen molar-refractivity contribution in [1.82, 2.24) is 5.32 Å². The molecule has 1 aromatic heterocycles. The van der Waals surface area contributed by atoms with Crippen molar-refractivity contribution in [2.24, 2.45) is 5.92 Å². The lowest BCUT2D eigenvalue weighted by Crippen LogP contribution is -2.43. The summed E-state index contributed by atoms with van der Waals surface area (Å²) in [6.07, 6.45) is 1.00. The van der Waals surface area contributed by atoms with Gasteiger partial charge in [-0.25, -0.2) is 0 Å². The fourth-order valence-corrected chi connectivity index (χ4v) is 4.77. The van der Waals surface area contributed by atoms with Crippen LogP contribution in [0.5, 0.6) is 0 Å². The van der Waals surface area contributed by atoms with Gasteiger partial charge >= 0.3 is 0 Å². The summed E-state index contributed by atoms with van der Waals surface area (Å²) < 4.78 is 6.04. The number of thiophene rings is 1. The number of amides is 2. The Kier molecular flexibility index (Phi) is 6.28. The molecule has 0 saturated carbocycles. The largest absolute Gasteiger partial charge is 0.383 e. The maximum absolute atomic E-state index is 12.2. The quantitative estimate of drug-likeness (QED) is 0.772. The summed E-state index contributed by atoms with van der Waals surface area (Å²) in [5.41, 5.74) is 0.892. The minimum Gasteiger partial charge on any atom is -0.383 e. The Bertz CT molecular complexity index is 543. The van der Waals surface area contributed by atoms with Gasteiger partial charge in [-0.1, -0.05) is 13.8 Å². The molecule has 0 spiro atoms. The molecule has 0 radical (unpaired) electrons. The Labute approximate surface area is 139 Å².